The first-order valence-electron chi connectivity index (χ1n) is 9.51. The van der Waals surface area contributed by atoms with E-state index in [0.29, 0.717) is 22.9 Å². The van der Waals surface area contributed by atoms with Crippen LogP contribution in [-0.2, 0) is 14.8 Å². The van der Waals surface area contributed by atoms with Crippen molar-refractivity contribution in [2.24, 2.45) is 0 Å². The maximum atomic E-state index is 13.3. The van der Waals surface area contributed by atoms with Gasteiger partial charge in [-0.25, -0.2) is 8.42 Å². The van der Waals surface area contributed by atoms with E-state index >= 15 is 0 Å². The molecule has 3 rings (SSSR count). The lowest BCUT2D eigenvalue weighted by Gasteiger charge is -2.24. The second-order valence-electron chi connectivity index (χ2n) is 6.78. The Morgan fingerprint density at radius 2 is 1.55 bits per heavy atom. The zero-order valence-corrected chi connectivity index (χ0v) is 18.3. The molecule has 1 N–H and O–H groups in total. The smallest absolute Gasteiger partial charge is 0.264 e. The fourth-order valence-electron chi connectivity index (χ4n) is 2.99. The lowest BCUT2D eigenvalue weighted by Crippen LogP contribution is -2.38. The molecule has 0 aliphatic heterocycles. The predicted molar refractivity (Wildman–Crippen MR) is 120 cm³/mol. The molecule has 7 nitrogen and oxygen atoms in total. The maximum Gasteiger partial charge on any atom is 0.264 e. The second kappa shape index (κ2) is 9.53. The molecule has 0 aliphatic rings. The van der Waals surface area contributed by atoms with Gasteiger partial charge in [0.05, 0.1) is 24.8 Å². The van der Waals surface area contributed by atoms with Gasteiger partial charge in [-0.15, -0.1) is 0 Å². The molecule has 3 aromatic carbocycles. The van der Waals surface area contributed by atoms with E-state index in [-0.39, 0.29) is 4.90 Å². The van der Waals surface area contributed by atoms with Gasteiger partial charge in [0.15, 0.2) is 11.5 Å². The predicted octanol–water partition coefficient (Wildman–Crippen LogP) is 3.85. The van der Waals surface area contributed by atoms with Crippen LogP contribution in [0.2, 0.25) is 0 Å². The maximum absolute atomic E-state index is 13.3. The Kier molecular flexibility index (Phi) is 6.81. The molecule has 0 atom stereocenters. The van der Waals surface area contributed by atoms with E-state index in [1.165, 1.54) is 26.4 Å². The first-order chi connectivity index (χ1) is 14.8. The highest BCUT2D eigenvalue weighted by Crippen LogP contribution is 2.30. The largest absolute Gasteiger partial charge is 0.493 e. The average Bonchev–Trinajstić information content (AvgIpc) is 2.78. The minimum Gasteiger partial charge on any atom is -0.493 e. The lowest BCUT2D eigenvalue weighted by atomic mass is 10.2. The van der Waals surface area contributed by atoms with E-state index in [1.54, 1.807) is 60.7 Å². The van der Waals surface area contributed by atoms with E-state index in [0.717, 1.165) is 9.87 Å². The number of methoxy groups -OCH3 is 2. The number of amides is 1. The minimum absolute atomic E-state index is 0.106. The minimum atomic E-state index is -3.95. The SMILES string of the molecule is COc1ccc(NC(=O)CN(c2ccc(C)cc2)S(=O)(=O)c2ccccc2)cc1OC. The number of ether oxygens (including phenoxy) is 2. The van der Waals surface area contributed by atoms with Crippen LogP contribution in [-0.4, -0.2) is 35.1 Å². The summed E-state index contributed by atoms with van der Waals surface area (Å²) in [4.78, 5) is 12.9. The Hall–Kier alpha value is -3.52. The molecule has 0 heterocycles. The molecule has 3 aromatic rings. The summed E-state index contributed by atoms with van der Waals surface area (Å²) in [7, 11) is -0.937. The quantitative estimate of drug-likeness (QED) is 0.575. The molecule has 31 heavy (non-hydrogen) atoms. The van der Waals surface area contributed by atoms with Crippen molar-refractivity contribution in [3.05, 3.63) is 78.4 Å². The van der Waals surface area contributed by atoms with Crippen LogP contribution in [0.4, 0.5) is 11.4 Å². The number of carbonyl (C=O) groups excluding carboxylic acids is 1. The zero-order chi connectivity index (χ0) is 22.4. The summed E-state index contributed by atoms with van der Waals surface area (Å²) in [6.45, 7) is 1.51. The van der Waals surface area contributed by atoms with Gasteiger partial charge in [0, 0.05) is 11.8 Å². The van der Waals surface area contributed by atoms with Crippen LogP contribution in [0.25, 0.3) is 0 Å². The Morgan fingerprint density at radius 1 is 0.903 bits per heavy atom. The van der Waals surface area contributed by atoms with Crippen molar-refractivity contribution in [2.45, 2.75) is 11.8 Å². The summed E-state index contributed by atoms with van der Waals surface area (Å²) in [6.07, 6.45) is 0. The van der Waals surface area contributed by atoms with Crippen LogP contribution in [0.15, 0.2) is 77.7 Å². The van der Waals surface area contributed by atoms with Crippen LogP contribution in [0, 0.1) is 6.92 Å². The number of benzene rings is 3. The highest BCUT2D eigenvalue weighted by atomic mass is 32.2. The van der Waals surface area contributed by atoms with Crippen LogP contribution < -0.4 is 19.1 Å². The monoisotopic (exact) mass is 440 g/mol. The van der Waals surface area contributed by atoms with Crippen molar-refractivity contribution in [2.75, 3.05) is 30.4 Å². The van der Waals surface area contributed by atoms with Gasteiger partial charge in [0.2, 0.25) is 5.91 Å². The summed E-state index contributed by atoms with van der Waals surface area (Å²) in [5.74, 6) is 0.480. The number of hydrogen-bond donors (Lipinski definition) is 1. The second-order valence-corrected chi connectivity index (χ2v) is 8.64. The number of sulfonamides is 1. The molecule has 0 radical (unpaired) electrons. The van der Waals surface area contributed by atoms with Crippen LogP contribution >= 0.6 is 0 Å². The van der Waals surface area contributed by atoms with Gasteiger partial charge >= 0.3 is 0 Å². The lowest BCUT2D eigenvalue weighted by molar-refractivity contribution is -0.114. The van der Waals surface area contributed by atoms with Crippen molar-refractivity contribution in [1.29, 1.82) is 0 Å². The summed E-state index contributed by atoms with van der Waals surface area (Å²) < 4.78 is 38.1. The van der Waals surface area contributed by atoms with Crippen molar-refractivity contribution >= 4 is 27.3 Å². The number of nitrogens with one attached hydrogen (secondary N) is 1. The first-order valence-corrected chi connectivity index (χ1v) is 11.0. The highest BCUT2D eigenvalue weighted by Gasteiger charge is 2.27. The molecule has 0 aliphatic carbocycles. The molecule has 0 saturated carbocycles. The van der Waals surface area contributed by atoms with Gasteiger partial charge in [-0.2, -0.15) is 0 Å². The van der Waals surface area contributed by atoms with E-state index < -0.39 is 22.5 Å². The molecule has 1 amide bonds. The molecule has 162 valence electrons. The summed E-state index contributed by atoms with van der Waals surface area (Å²) >= 11 is 0. The fourth-order valence-corrected chi connectivity index (χ4v) is 4.43. The summed E-state index contributed by atoms with van der Waals surface area (Å²) in [5.41, 5.74) is 1.84. The third kappa shape index (κ3) is 5.16. The van der Waals surface area contributed by atoms with Crippen molar-refractivity contribution < 1.29 is 22.7 Å². The average molecular weight is 441 g/mol. The number of carbonyl (C=O) groups is 1. The molecule has 0 fully saturated rings. The van der Waals surface area contributed by atoms with E-state index in [4.69, 9.17) is 9.47 Å². The molecular formula is C23H24N2O5S. The zero-order valence-electron chi connectivity index (χ0n) is 17.5. The van der Waals surface area contributed by atoms with Crippen LogP contribution in [0.3, 0.4) is 0 Å². The standard InChI is InChI=1S/C23H24N2O5S/c1-17-9-12-19(13-10-17)25(31(27,28)20-7-5-4-6-8-20)16-23(26)24-18-11-14-21(29-2)22(15-18)30-3/h4-15H,16H2,1-3H3,(H,24,26). The van der Waals surface area contributed by atoms with Crippen molar-refractivity contribution in [1.82, 2.24) is 0 Å². The van der Waals surface area contributed by atoms with E-state index in [2.05, 4.69) is 5.32 Å². The number of hydrogen-bond acceptors (Lipinski definition) is 5. The molecule has 0 unspecified atom stereocenters. The van der Waals surface area contributed by atoms with Crippen LogP contribution in [0.5, 0.6) is 11.5 Å². The third-order valence-corrected chi connectivity index (χ3v) is 6.40. The van der Waals surface area contributed by atoms with Gasteiger partial charge in [-0.1, -0.05) is 35.9 Å². The Morgan fingerprint density at radius 3 is 2.16 bits per heavy atom. The molecule has 0 aromatic heterocycles. The first kappa shape index (κ1) is 22.2. The van der Waals surface area contributed by atoms with Crippen molar-refractivity contribution in [3.8, 4) is 11.5 Å². The Balaban J connectivity index is 1.90. The fraction of sp³-hybridized carbons (Fsp3) is 0.174. The van der Waals surface area contributed by atoms with E-state index in [9.17, 15) is 13.2 Å². The van der Waals surface area contributed by atoms with Gasteiger partial charge in [-0.05, 0) is 43.3 Å². The van der Waals surface area contributed by atoms with Gasteiger partial charge < -0.3 is 14.8 Å². The molecular weight excluding hydrogens is 416 g/mol. The molecule has 0 spiro atoms. The Labute approximate surface area is 182 Å². The third-order valence-electron chi connectivity index (χ3n) is 4.61. The van der Waals surface area contributed by atoms with Crippen molar-refractivity contribution in [3.63, 3.8) is 0 Å². The summed E-state index contributed by atoms with van der Waals surface area (Å²) in [6, 6.07) is 19.9. The topological polar surface area (TPSA) is 84.9 Å². The molecule has 8 heteroatoms. The Bertz CT molecular complexity index is 1150. The molecule has 0 bridgehead atoms. The normalized spacial score (nSPS) is 10.9. The van der Waals surface area contributed by atoms with Gasteiger partial charge in [-0.3, -0.25) is 9.10 Å². The molecule has 0 saturated heterocycles. The summed E-state index contributed by atoms with van der Waals surface area (Å²) in [5, 5.41) is 2.72. The number of anilines is 2. The van der Waals surface area contributed by atoms with Gasteiger partial charge in [0.25, 0.3) is 10.0 Å². The van der Waals surface area contributed by atoms with Crippen LogP contribution in [0.1, 0.15) is 5.56 Å². The number of aryl methyl sites for hydroxylation is 1. The number of nitrogens with zero attached hydrogens (tertiary/aromatic N) is 1. The van der Waals surface area contributed by atoms with E-state index in [1.807, 2.05) is 6.92 Å². The highest BCUT2D eigenvalue weighted by molar-refractivity contribution is 7.92. The van der Waals surface area contributed by atoms with Gasteiger partial charge in [0.1, 0.15) is 6.54 Å². The number of rotatable bonds is 8.